The van der Waals surface area contributed by atoms with Gasteiger partial charge in [0.2, 0.25) is 0 Å². The fraction of sp³-hybridized carbons (Fsp3) is 0.526. The lowest BCUT2D eigenvalue weighted by Gasteiger charge is -2.37. The molecule has 1 aliphatic rings. The van der Waals surface area contributed by atoms with Crippen molar-refractivity contribution in [3.63, 3.8) is 0 Å². The summed E-state index contributed by atoms with van der Waals surface area (Å²) in [6, 6.07) is 6.08. The summed E-state index contributed by atoms with van der Waals surface area (Å²) in [5, 5.41) is 6.80. The predicted molar refractivity (Wildman–Crippen MR) is 125 cm³/mol. The van der Waals surface area contributed by atoms with E-state index in [2.05, 4.69) is 50.4 Å². The first-order valence-electron chi connectivity index (χ1n) is 9.42. The maximum atomic E-state index is 4.83. The molecule has 0 atom stereocenters. The molecule has 2 aromatic rings. The van der Waals surface area contributed by atoms with Crippen LogP contribution in [0.4, 0.5) is 5.82 Å². The Morgan fingerprint density at radius 2 is 2.04 bits per heavy atom. The van der Waals surface area contributed by atoms with Gasteiger partial charge in [0.15, 0.2) is 5.96 Å². The molecule has 3 rings (SSSR count). The molecule has 0 amide bonds. The molecule has 0 saturated carbocycles. The molecule has 148 valence electrons. The zero-order valence-corrected chi connectivity index (χ0v) is 19.2. The minimum Gasteiger partial charge on any atom is -0.357 e. The molecule has 8 heteroatoms. The summed E-state index contributed by atoms with van der Waals surface area (Å²) in [5.74, 6) is 2.07. The fourth-order valence-electron chi connectivity index (χ4n) is 3.02. The minimum absolute atomic E-state index is 0. The van der Waals surface area contributed by atoms with E-state index in [9.17, 15) is 0 Å². The highest BCUT2D eigenvalue weighted by atomic mass is 127. The van der Waals surface area contributed by atoms with Gasteiger partial charge in [-0.25, -0.2) is 9.97 Å². The molecule has 0 spiro atoms. The Morgan fingerprint density at radius 3 is 2.67 bits per heavy atom. The lowest BCUT2D eigenvalue weighted by atomic mass is 10.3. The van der Waals surface area contributed by atoms with Crippen LogP contribution in [0.1, 0.15) is 24.5 Å². The fourth-order valence-corrected chi connectivity index (χ4v) is 3.80. The van der Waals surface area contributed by atoms with E-state index in [0.29, 0.717) is 0 Å². The first-order valence-corrected chi connectivity index (χ1v) is 10.3. The van der Waals surface area contributed by atoms with Crippen molar-refractivity contribution in [2.75, 3.05) is 44.2 Å². The molecular formula is C19H29IN6S. The Labute approximate surface area is 183 Å². The molecule has 0 bridgehead atoms. The molecule has 27 heavy (non-hydrogen) atoms. The van der Waals surface area contributed by atoms with Crippen LogP contribution in [0.5, 0.6) is 0 Å². The van der Waals surface area contributed by atoms with Crippen LogP contribution in [0.3, 0.4) is 0 Å². The number of guanidine groups is 1. The number of thiazole rings is 1. The van der Waals surface area contributed by atoms with E-state index in [1.54, 1.807) is 11.3 Å². The number of hydrogen-bond acceptors (Lipinski definition) is 5. The Morgan fingerprint density at radius 1 is 1.22 bits per heavy atom. The summed E-state index contributed by atoms with van der Waals surface area (Å²) in [6.45, 7) is 9.77. The molecule has 1 saturated heterocycles. The molecule has 1 fully saturated rings. The molecule has 0 aliphatic carbocycles. The quantitative estimate of drug-likeness (QED) is 0.376. The SMILES string of the molecule is CCNC(=NCCc1csc(CC)n1)N1CCN(c2ccccn2)CC1.I. The number of halogens is 1. The van der Waals surface area contributed by atoms with E-state index in [0.717, 1.165) is 69.6 Å². The van der Waals surface area contributed by atoms with Gasteiger partial charge in [0.25, 0.3) is 0 Å². The van der Waals surface area contributed by atoms with Crippen LogP contribution in [0, 0.1) is 0 Å². The highest BCUT2D eigenvalue weighted by Gasteiger charge is 2.20. The molecule has 1 aliphatic heterocycles. The largest absolute Gasteiger partial charge is 0.357 e. The Bertz CT molecular complexity index is 697. The third kappa shape index (κ3) is 6.31. The third-order valence-corrected chi connectivity index (χ3v) is 5.46. The number of nitrogens with zero attached hydrogens (tertiary/aromatic N) is 5. The molecule has 0 radical (unpaired) electrons. The predicted octanol–water partition coefficient (Wildman–Crippen LogP) is 3.05. The average Bonchev–Trinajstić information content (AvgIpc) is 3.16. The van der Waals surface area contributed by atoms with Gasteiger partial charge in [-0.15, -0.1) is 35.3 Å². The van der Waals surface area contributed by atoms with E-state index in [-0.39, 0.29) is 24.0 Å². The van der Waals surface area contributed by atoms with Gasteiger partial charge < -0.3 is 15.1 Å². The number of aliphatic imine (C=N–C) groups is 1. The maximum Gasteiger partial charge on any atom is 0.194 e. The van der Waals surface area contributed by atoms with E-state index in [4.69, 9.17) is 4.99 Å². The first kappa shape index (κ1) is 21.9. The van der Waals surface area contributed by atoms with Crippen LogP contribution >= 0.6 is 35.3 Å². The van der Waals surface area contributed by atoms with Gasteiger partial charge in [-0.2, -0.15) is 0 Å². The first-order chi connectivity index (χ1) is 12.8. The average molecular weight is 500 g/mol. The summed E-state index contributed by atoms with van der Waals surface area (Å²) in [6.07, 6.45) is 3.77. The molecule has 2 aromatic heterocycles. The summed E-state index contributed by atoms with van der Waals surface area (Å²) in [4.78, 5) is 18.6. The van der Waals surface area contributed by atoms with Gasteiger partial charge in [-0.05, 0) is 25.5 Å². The van der Waals surface area contributed by atoms with Crippen molar-refractivity contribution in [3.8, 4) is 0 Å². The topological polar surface area (TPSA) is 56.7 Å². The zero-order valence-electron chi connectivity index (χ0n) is 16.1. The smallest absolute Gasteiger partial charge is 0.194 e. The summed E-state index contributed by atoms with van der Waals surface area (Å²) < 4.78 is 0. The van der Waals surface area contributed by atoms with Crippen LogP contribution in [0.15, 0.2) is 34.8 Å². The highest BCUT2D eigenvalue weighted by Crippen LogP contribution is 2.13. The number of hydrogen-bond donors (Lipinski definition) is 1. The number of aryl methyl sites for hydroxylation is 1. The van der Waals surface area contributed by atoms with Crippen molar-refractivity contribution in [2.45, 2.75) is 26.7 Å². The third-order valence-electron chi connectivity index (χ3n) is 4.42. The molecule has 1 N–H and O–H groups in total. The zero-order chi connectivity index (χ0) is 18.2. The maximum absolute atomic E-state index is 4.83. The molecule has 3 heterocycles. The lowest BCUT2D eigenvalue weighted by Crippen LogP contribution is -2.52. The Kier molecular flexibility index (Phi) is 9.26. The standard InChI is InChI=1S/C19H28N6S.HI/c1-3-18-23-16(15-26-18)8-10-22-19(20-4-2)25-13-11-24(12-14-25)17-7-5-6-9-21-17;/h5-7,9,15H,3-4,8,10-14H2,1-2H3,(H,20,22);1H. The molecule has 0 unspecified atom stereocenters. The van der Waals surface area contributed by atoms with Gasteiger partial charge in [-0.1, -0.05) is 13.0 Å². The van der Waals surface area contributed by atoms with Gasteiger partial charge in [0, 0.05) is 57.3 Å². The van der Waals surface area contributed by atoms with Crippen molar-refractivity contribution in [3.05, 3.63) is 40.5 Å². The second-order valence-corrected chi connectivity index (χ2v) is 7.18. The number of aromatic nitrogens is 2. The molecule has 6 nitrogen and oxygen atoms in total. The number of piperazine rings is 1. The van der Waals surface area contributed by atoms with Crippen LogP contribution in [-0.2, 0) is 12.8 Å². The van der Waals surface area contributed by atoms with Crippen molar-refractivity contribution in [2.24, 2.45) is 4.99 Å². The van der Waals surface area contributed by atoms with Crippen molar-refractivity contribution in [1.82, 2.24) is 20.2 Å². The Hall–Kier alpha value is -1.42. The second-order valence-electron chi connectivity index (χ2n) is 6.23. The normalized spacial score (nSPS) is 14.8. The molecular weight excluding hydrogens is 471 g/mol. The second kappa shape index (κ2) is 11.4. The number of nitrogens with one attached hydrogen (secondary N) is 1. The van der Waals surface area contributed by atoms with Crippen LogP contribution in [0.2, 0.25) is 0 Å². The highest BCUT2D eigenvalue weighted by molar-refractivity contribution is 14.0. The van der Waals surface area contributed by atoms with Gasteiger partial charge in [0.1, 0.15) is 5.82 Å². The van der Waals surface area contributed by atoms with Crippen molar-refractivity contribution < 1.29 is 0 Å². The monoisotopic (exact) mass is 500 g/mol. The van der Waals surface area contributed by atoms with E-state index in [1.165, 1.54) is 5.01 Å². The van der Waals surface area contributed by atoms with Gasteiger partial charge in [0.05, 0.1) is 10.7 Å². The van der Waals surface area contributed by atoms with Crippen LogP contribution in [0.25, 0.3) is 0 Å². The summed E-state index contributed by atoms with van der Waals surface area (Å²) in [7, 11) is 0. The number of pyridine rings is 1. The number of rotatable bonds is 6. The molecule has 0 aromatic carbocycles. The van der Waals surface area contributed by atoms with E-state index >= 15 is 0 Å². The van der Waals surface area contributed by atoms with Gasteiger partial charge >= 0.3 is 0 Å². The van der Waals surface area contributed by atoms with E-state index < -0.39 is 0 Å². The van der Waals surface area contributed by atoms with Gasteiger partial charge in [-0.3, -0.25) is 4.99 Å². The summed E-state index contributed by atoms with van der Waals surface area (Å²) >= 11 is 1.75. The number of anilines is 1. The van der Waals surface area contributed by atoms with Crippen molar-refractivity contribution >= 4 is 47.1 Å². The van der Waals surface area contributed by atoms with Crippen LogP contribution < -0.4 is 10.2 Å². The summed E-state index contributed by atoms with van der Waals surface area (Å²) in [5.41, 5.74) is 1.16. The van der Waals surface area contributed by atoms with Crippen LogP contribution in [-0.4, -0.2) is 60.1 Å². The Balaban J connectivity index is 0.00000261. The van der Waals surface area contributed by atoms with E-state index in [1.807, 2.05) is 18.3 Å². The lowest BCUT2D eigenvalue weighted by molar-refractivity contribution is 0.371. The minimum atomic E-state index is 0. The van der Waals surface area contributed by atoms with Crippen molar-refractivity contribution in [1.29, 1.82) is 0 Å².